The van der Waals surface area contributed by atoms with Crippen molar-refractivity contribution in [3.05, 3.63) is 87.9 Å². The number of hydrazine groups is 1. The Bertz CT molecular complexity index is 1050. The second kappa shape index (κ2) is 8.79. The fraction of sp³-hybridized carbons (Fsp3) is 0.100. The van der Waals surface area contributed by atoms with Gasteiger partial charge in [-0.05, 0) is 36.4 Å². The molecule has 3 rings (SSSR count). The van der Waals surface area contributed by atoms with Crippen molar-refractivity contribution in [2.45, 2.75) is 12.8 Å². The molecule has 0 saturated carbocycles. The zero-order chi connectivity index (χ0) is 20.8. The minimum Gasteiger partial charge on any atom is -0.461 e. The molecule has 3 aromatic rings. The van der Waals surface area contributed by atoms with E-state index in [1.807, 2.05) is 0 Å². The molecule has 0 radical (unpaired) electrons. The lowest BCUT2D eigenvalue weighted by Gasteiger charge is -2.07. The highest BCUT2D eigenvalue weighted by atomic mass is 19.1. The molecule has 2 amide bonds. The largest absolute Gasteiger partial charge is 0.461 e. The molecule has 9 heteroatoms. The molecular formula is C20H16FN3O5. The average molecular weight is 397 g/mol. The molecule has 0 atom stereocenters. The van der Waals surface area contributed by atoms with Crippen LogP contribution in [-0.2, 0) is 11.2 Å². The predicted molar refractivity (Wildman–Crippen MR) is 101 cm³/mol. The van der Waals surface area contributed by atoms with Crippen LogP contribution in [0.4, 0.5) is 10.1 Å². The number of hydrogen-bond donors (Lipinski definition) is 2. The molecular weight excluding hydrogens is 381 g/mol. The summed E-state index contributed by atoms with van der Waals surface area (Å²) in [5.41, 5.74) is 4.85. The number of benzene rings is 2. The van der Waals surface area contributed by atoms with E-state index in [1.54, 1.807) is 30.3 Å². The molecule has 0 aliphatic carbocycles. The summed E-state index contributed by atoms with van der Waals surface area (Å²) in [6.45, 7) is 0. The fourth-order valence-corrected chi connectivity index (χ4v) is 2.55. The Morgan fingerprint density at radius 1 is 1.00 bits per heavy atom. The number of rotatable bonds is 6. The SMILES string of the molecule is O=C(CCc1ccc(-c2ccccc2F)o1)NNC(=O)c1ccc([N+](=O)[O-])cc1. The number of non-ortho nitro benzene ring substituents is 1. The number of nitro groups is 1. The van der Waals surface area contributed by atoms with Gasteiger partial charge in [0.05, 0.1) is 10.5 Å². The van der Waals surface area contributed by atoms with Gasteiger partial charge in [-0.1, -0.05) is 12.1 Å². The molecule has 0 bridgehead atoms. The van der Waals surface area contributed by atoms with Gasteiger partial charge < -0.3 is 4.42 Å². The Kier molecular flexibility index (Phi) is 5.98. The number of nitrogens with zero attached hydrogens (tertiary/aromatic N) is 1. The van der Waals surface area contributed by atoms with Crippen molar-refractivity contribution < 1.29 is 23.3 Å². The molecule has 0 unspecified atom stereocenters. The minimum atomic E-state index is -0.604. The predicted octanol–water partition coefficient (Wildman–Crippen LogP) is 3.39. The van der Waals surface area contributed by atoms with Gasteiger partial charge in [0.25, 0.3) is 11.6 Å². The van der Waals surface area contributed by atoms with Gasteiger partial charge >= 0.3 is 0 Å². The molecule has 148 valence electrons. The number of carbonyl (C=O) groups excluding carboxylic acids is 2. The maximum Gasteiger partial charge on any atom is 0.269 e. The standard InChI is InChI=1S/C20H16FN3O5/c21-17-4-2-1-3-16(17)18-11-9-15(29-18)10-12-19(25)22-23-20(26)13-5-7-14(8-6-13)24(27)28/h1-9,11H,10,12H2,(H,22,25)(H,23,26). The maximum atomic E-state index is 13.8. The van der Waals surface area contributed by atoms with E-state index in [4.69, 9.17) is 4.42 Å². The Hall–Kier alpha value is -4.01. The molecule has 29 heavy (non-hydrogen) atoms. The monoisotopic (exact) mass is 397 g/mol. The van der Waals surface area contributed by atoms with Crippen LogP contribution in [0.25, 0.3) is 11.3 Å². The van der Waals surface area contributed by atoms with Crippen LogP contribution < -0.4 is 10.9 Å². The Morgan fingerprint density at radius 3 is 2.41 bits per heavy atom. The van der Waals surface area contributed by atoms with Crippen LogP contribution in [0.2, 0.25) is 0 Å². The van der Waals surface area contributed by atoms with Crippen molar-refractivity contribution in [1.82, 2.24) is 10.9 Å². The van der Waals surface area contributed by atoms with E-state index in [9.17, 15) is 24.1 Å². The topological polar surface area (TPSA) is 114 Å². The highest BCUT2D eigenvalue weighted by molar-refractivity contribution is 5.95. The number of nitrogens with one attached hydrogen (secondary N) is 2. The van der Waals surface area contributed by atoms with Gasteiger partial charge in [0, 0.05) is 30.5 Å². The molecule has 2 aromatic carbocycles. The van der Waals surface area contributed by atoms with Crippen molar-refractivity contribution in [2.75, 3.05) is 0 Å². The number of carbonyl (C=O) groups is 2. The zero-order valence-electron chi connectivity index (χ0n) is 15.1. The molecule has 0 fully saturated rings. The van der Waals surface area contributed by atoms with E-state index in [1.165, 1.54) is 30.3 Å². The number of halogens is 1. The summed E-state index contributed by atoms with van der Waals surface area (Å²) in [7, 11) is 0. The van der Waals surface area contributed by atoms with Crippen molar-refractivity contribution >= 4 is 17.5 Å². The summed E-state index contributed by atoms with van der Waals surface area (Å²) >= 11 is 0. The van der Waals surface area contributed by atoms with Gasteiger partial charge in [-0.2, -0.15) is 0 Å². The molecule has 0 saturated heterocycles. The number of furan rings is 1. The second-order valence-electron chi connectivity index (χ2n) is 6.05. The number of amides is 2. The van der Waals surface area contributed by atoms with Gasteiger partial charge in [-0.15, -0.1) is 0 Å². The quantitative estimate of drug-likeness (QED) is 0.489. The highest BCUT2D eigenvalue weighted by Crippen LogP contribution is 2.25. The van der Waals surface area contributed by atoms with Crippen LogP contribution >= 0.6 is 0 Å². The van der Waals surface area contributed by atoms with Gasteiger partial charge in [-0.3, -0.25) is 30.6 Å². The number of nitro benzene ring substituents is 1. The van der Waals surface area contributed by atoms with Crippen molar-refractivity contribution in [3.63, 3.8) is 0 Å². The van der Waals surface area contributed by atoms with Crippen LogP contribution in [0.3, 0.4) is 0 Å². The number of aryl methyl sites for hydroxylation is 1. The van der Waals surface area contributed by atoms with Crippen molar-refractivity contribution in [1.29, 1.82) is 0 Å². The molecule has 0 aliphatic heterocycles. The van der Waals surface area contributed by atoms with Crippen LogP contribution in [0.5, 0.6) is 0 Å². The summed E-state index contributed by atoms with van der Waals surface area (Å²) in [5, 5.41) is 10.6. The first-order valence-corrected chi connectivity index (χ1v) is 8.61. The Balaban J connectivity index is 1.48. The molecule has 8 nitrogen and oxygen atoms in total. The Morgan fingerprint density at radius 2 is 1.72 bits per heavy atom. The summed E-state index contributed by atoms with van der Waals surface area (Å²) in [5.74, 6) is -0.595. The van der Waals surface area contributed by atoms with Crippen LogP contribution in [0.1, 0.15) is 22.5 Å². The zero-order valence-corrected chi connectivity index (χ0v) is 15.1. The van der Waals surface area contributed by atoms with Crippen LogP contribution in [0.15, 0.2) is 65.1 Å². The smallest absolute Gasteiger partial charge is 0.269 e. The maximum absolute atomic E-state index is 13.8. The van der Waals surface area contributed by atoms with Gasteiger partial charge in [0.2, 0.25) is 5.91 Å². The minimum absolute atomic E-state index is 0.0325. The van der Waals surface area contributed by atoms with Gasteiger partial charge in [-0.25, -0.2) is 4.39 Å². The van der Waals surface area contributed by atoms with Crippen molar-refractivity contribution in [3.8, 4) is 11.3 Å². The first kappa shape index (κ1) is 19.7. The molecule has 0 aliphatic rings. The first-order valence-electron chi connectivity index (χ1n) is 8.61. The average Bonchev–Trinajstić information content (AvgIpc) is 3.19. The van der Waals surface area contributed by atoms with Crippen molar-refractivity contribution in [2.24, 2.45) is 0 Å². The van der Waals surface area contributed by atoms with E-state index in [0.29, 0.717) is 17.1 Å². The highest BCUT2D eigenvalue weighted by Gasteiger charge is 2.12. The normalized spacial score (nSPS) is 10.4. The first-order chi connectivity index (χ1) is 13.9. The molecule has 1 aromatic heterocycles. The second-order valence-corrected chi connectivity index (χ2v) is 6.05. The molecule has 1 heterocycles. The molecule has 0 spiro atoms. The van der Waals surface area contributed by atoms with E-state index in [2.05, 4.69) is 10.9 Å². The van der Waals surface area contributed by atoms with E-state index < -0.39 is 22.6 Å². The summed E-state index contributed by atoms with van der Waals surface area (Å²) in [6, 6.07) is 14.4. The third-order valence-corrected chi connectivity index (χ3v) is 4.06. The molecule has 2 N–H and O–H groups in total. The van der Waals surface area contributed by atoms with E-state index in [-0.39, 0.29) is 24.1 Å². The summed E-state index contributed by atoms with van der Waals surface area (Å²) in [6.07, 6.45) is 0.290. The van der Waals surface area contributed by atoms with Gasteiger partial charge in [0.15, 0.2) is 0 Å². The van der Waals surface area contributed by atoms with E-state index >= 15 is 0 Å². The van der Waals surface area contributed by atoms with Crippen LogP contribution in [0, 0.1) is 15.9 Å². The lowest BCUT2D eigenvalue weighted by atomic mass is 10.1. The third kappa shape index (κ3) is 5.04. The Labute approximate surface area is 164 Å². The lowest BCUT2D eigenvalue weighted by Crippen LogP contribution is -2.41. The lowest BCUT2D eigenvalue weighted by molar-refractivity contribution is -0.384. The summed E-state index contributed by atoms with van der Waals surface area (Å²) < 4.78 is 19.3. The third-order valence-electron chi connectivity index (χ3n) is 4.06. The van der Waals surface area contributed by atoms with Crippen LogP contribution in [-0.4, -0.2) is 16.7 Å². The number of hydrogen-bond acceptors (Lipinski definition) is 5. The fourth-order valence-electron chi connectivity index (χ4n) is 2.55. The van der Waals surface area contributed by atoms with Gasteiger partial charge in [0.1, 0.15) is 17.3 Å². The van der Waals surface area contributed by atoms with E-state index in [0.717, 1.165) is 0 Å². The summed E-state index contributed by atoms with van der Waals surface area (Å²) in [4.78, 5) is 33.9.